The molecule has 134 valence electrons. The molecule has 4 nitrogen and oxygen atoms in total. The Bertz CT molecular complexity index is 913. The first-order valence-corrected chi connectivity index (χ1v) is 8.24. The van der Waals surface area contributed by atoms with Crippen molar-refractivity contribution in [1.29, 1.82) is 0 Å². The Kier molecular flexibility index (Phi) is 5.42. The summed E-state index contributed by atoms with van der Waals surface area (Å²) in [5, 5.41) is 20.0. The van der Waals surface area contributed by atoms with Gasteiger partial charge in [-0.3, -0.25) is 5.21 Å². The second-order valence-corrected chi connectivity index (χ2v) is 6.18. The van der Waals surface area contributed by atoms with Crippen molar-refractivity contribution in [3.63, 3.8) is 0 Å². The molecule has 0 unspecified atom stereocenters. The lowest BCUT2D eigenvalue weighted by Gasteiger charge is -2.21. The van der Waals surface area contributed by atoms with Gasteiger partial charge in [0, 0.05) is 11.4 Å². The van der Waals surface area contributed by atoms with Crippen molar-refractivity contribution in [2.24, 2.45) is 0 Å². The van der Waals surface area contributed by atoms with Gasteiger partial charge in [-0.2, -0.15) is 0 Å². The van der Waals surface area contributed by atoms with E-state index in [-0.39, 0.29) is 16.7 Å². The number of anilines is 1. The molecule has 0 saturated heterocycles. The summed E-state index contributed by atoms with van der Waals surface area (Å²) >= 11 is 6.04. The number of rotatable bonds is 5. The van der Waals surface area contributed by atoms with Gasteiger partial charge in [0.05, 0.1) is 18.4 Å². The van der Waals surface area contributed by atoms with Gasteiger partial charge < -0.3 is 15.2 Å². The first kappa shape index (κ1) is 18.2. The highest BCUT2D eigenvalue weighted by Gasteiger charge is 2.16. The molecule has 3 aromatic carbocycles. The maximum Gasteiger partial charge on any atom is 0.138 e. The van der Waals surface area contributed by atoms with E-state index in [1.165, 1.54) is 19.2 Å². The van der Waals surface area contributed by atoms with E-state index in [2.05, 4.69) is 0 Å². The number of nitrogens with zero attached hydrogens (tertiary/aromatic N) is 1. The predicted molar refractivity (Wildman–Crippen MR) is 100 cm³/mol. The number of methoxy groups -OCH3 is 1. The Hall–Kier alpha value is -2.60. The summed E-state index contributed by atoms with van der Waals surface area (Å²) < 4.78 is 20.5. The molecule has 0 spiro atoms. The zero-order valence-electron chi connectivity index (χ0n) is 13.9. The minimum absolute atomic E-state index is 0.114. The summed E-state index contributed by atoms with van der Waals surface area (Å²) in [6.45, 7) is 0. The molecule has 0 amide bonds. The van der Waals surface area contributed by atoms with Crippen molar-refractivity contribution in [2.75, 3.05) is 12.3 Å². The number of ether oxygens (including phenoxy) is 1. The van der Waals surface area contributed by atoms with Gasteiger partial charge >= 0.3 is 0 Å². The molecule has 0 aromatic heterocycles. The van der Waals surface area contributed by atoms with Gasteiger partial charge in [-0.05, 0) is 47.0 Å². The number of hydrogen-bond donors (Lipinski definition) is 1. The molecular formula is C20H16ClFNO3-. The van der Waals surface area contributed by atoms with Crippen molar-refractivity contribution in [3.05, 3.63) is 87.8 Å². The largest absolute Gasteiger partial charge is 0.733 e. The molecule has 0 saturated carbocycles. The van der Waals surface area contributed by atoms with E-state index >= 15 is 4.39 Å². The van der Waals surface area contributed by atoms with Crippen LogP contribution in [0.1, 0.15) is 11.1 Å². The van der Waals surface area contributed by atoms with Crippen LogP contribution in [0.4, 0.5) is 10.1 Å². The molecule has 0 aliphatic rings. The highest BCUT2D eigenvalue weighted by Crippen LogP contribution is 2.36. The molecule has 0 radical (unpaired) electrons. The first-order valence-electron chi connectivity index (χ1n) is 7.86. The van der Waals surface area contributed by atoms with Gasteiger partial charge in [0.1, 0.15) is 11.6 Å². The molecule has 3 rings (SSSR count). The highest BCUT2D eigenvalue weighted by atomic mass is 35.5. The van der Waals surface area contributed by atoms with Crippen LogP contribution in [0.3, 0.4) is 0 Å². The fourth-order valence-electron chi connectivity index (χ4n) is 2.78. The van der Waals surface area contributed by atoms with Crippen LogP contribution in [0.25, 0.3) is 11.1 Å². The second-order valence-electron chi connectivity index (χ2n) is 5.74. The summed E-state index contributed by atoms with van der Waals surface area (Å²) in [5.74, 6) is 0.0365. The first-order chi connectivity index (χ1) is 12.5. The monoisotopic (exact) mass is 372 g/mol. The van der Waals surface area contributed by atoms with Crippen LogP contribution >= 0.6 is 11.6 Å². The van der Waals surface area contributed by atoms with Crippen molar-refractivity contribution in [2.45, 2.75) is 6.42 Å². The highest BCUT2D eigenvalue weighted by molar-refractivity contribution is 6.30. The molecule has 1 N–H and O–H groups in total. The smallest absolute Gasteiger partial charge is 0.138 e. The van der Waals surface area contributed by atoms with Gasteiger partial charge in [0.2, 0.25) is 0 Å². The molecular weight excluding hydrogens is 357 g/mol. The molecule has 0 fully saturated rings. The Balaban J connectivity index is 2.00. The molecule has 0 aliphatic heterocycles. The lowest BCUT2D eigenvalue weighted by Crippen LogP contribution is -2.06. The van der Waals surface area contributed by atoms with E-state index < -0.39 is 0 Å². The van der Waals surface area contributed by atoms with Crippen molar-refractivity contribution in [1.82, 2.24) is 0 Å². The molecule has 6 heteroatoms. The van der Waals surface area contributed by atoms with Crippen LogP contribution in [0.15, 0.2) is 60.7 Å². The number of hydrogen-bond acceptors (Lipinski definition) is 4. The number of benzene rings is 3. The maximum absolute atomic E-state index is 15.2. The fourth-order valence-corrected chi connectivity index (χ4v) is 2.97. The van der Waals surface area contributed by atoms with E-state index in [1.54, 1.807) is 48.5 Å². The standard InChI is InChI=1S/C20H16ClFNO3/c1-26-18-10-7-15(11-13-5-8-17(9-6-13)23(24)25)20(22)19(18)14-3-2-4-16(21)12-14/h2-10,12,24H,11H2,1H3/q-1. The minimum atomic E-state index is -0.386. The molecule has 0 aliphatic carbocycles. The SMILES string of the molecule is COc1ccc(Cc2ccc(N([O-])O)cc2)c(F)c1-c1cccc(Cl)c1. The van der Waals surface area contributed by atoms with Gasteiger partial charge in [-0.25, -0.2) is 4.39 Å². The topological polar surface area (TPSA) is 55.8 Å². The van der Waals surface area contributed by atoms with E-state index in [0.717, 1.165) is 5.56 Å². The van der Waals surface area contributed by atoms with Crippen molar-refractivity contribution >= 4 is 17.3 Å². The Morgan fingerprint density at radius 2 is 1.85 bits per heavy atom. The summed E-state index contributed by atoms with van der Waals surface area (Å²) in [6.07, 6.45) is 0.327. The van der Waals surface area contributed by atoms with Gasteiger partial charge in [-0.15, -0.1) is 0 Å². The lowest BCUT2D eigenvalue weighted by atomic mass is 9.97. The Labute approximate surface area is 155 Å². The van der Waals surface area contributed by atoms with Crippen LogP contribution in [0, 0.1) is 11.0 Å². The van der Waals surface area contributed by atoms with Crippen LogP contribution in [-0.2, 0) is 6.42 Å². The van der Waals surface area contributed by atoms with Gasteiger partial charge in [-0.1, -0.05) is 41.9 Å². The normalized spacial score (nSPS) is 10.7. The van der Waals surface area contributed by atoms with E-state index in [9.17, 15) is 5.21 Å². The third-order valence-corrected chi connectivity index (χ3v) is 4.30. The summed E-state index contributed by atoms with van der Waals surface area (Å²) in [5.41, 5.74) is 2.38. The molecule has 26 heavy (non-hydrogen) atoms. The van der Waals surface area contributed by atoms with Crippen LogP contribution < -0.4 is 9.96 Å². The zero-order chi connectivity index (χ0) is 18.7. The molecule has 3 aromatic rings. The molecule has 0 heterocycles. The fraction of sp³-hybridized carbons (Fsp3) is 0.100. The molecule has 0 bridgehead atoms. The summed E-state index contributed by atoms with van der Waals surface area (Å²) in [7, 11) is 1.49. The molecule has 0 atom stereocenters. The third-order valence-electron chi connectivity index (χ3n) is 4.07. The zero-order valence-corrected chi connectivity index (χ0v) is 14.7. The quantitative estimate of drug-likeness (QED) is 0.606. The lowest BCUT2D eigenvalue weighted by molar-refractivity contribution is 0.296. The van der Waals surface area contributed by atoms with Gasteiger partial charge in [0.25, 0.3) is 0 Å². The van der Waals surface area contributed by atoms with Crippen molar-refractivity contribution < 1.29 is 14.3 Å². The minimum Gasteiger partial charge on any atom is -0.733 e. The van der Waals surface area contributed by atoms with E-state index in [1.807, 2.05) is 0 Å². The Morgan fingerprint density at radius 3 is 2.46 bits per heavy atom. The average Bonchev–Trinajstić information content (AvgIpc) is 2.63. The predicted octanol–water partition coefficient (Wildman–Crippen LogP) is 5.44. The maximum atomic E-state index is 15.2. The van der Waals surface area contributed by atoms with Crippen molar-refractivity contribution in [3.8, 4) is 16.9 Å². The van der Waals surface area contributed by atoms with Gasteiger partial charge in [0.15, 0.2) is 0 Å². The van der Waals surface area contributed by atoms with Crippen LogP contribution in [0.2, 0.25) is 5.02 Å². The summed E-state index contributed by atoms with van der Waals surface area (Å²) in [4.78, 5) is 0. The average molecular weight is 373 g/mol. The summed E-state index contributed by atoms with van der Waals surface area (Å²) in [6, 6.07) is 16.6. The number of halogens is 2. The van der Waals surface area contributed by atoms with E-state index in [4.69, 9.17) is 21.5 Å². The van der Waals surface area contributed by atoms with Crippen LogP contribution in [-0.4, -0.2) is 12.3 Å². The second kappa shape index (κ2) is 7.74. The van der Waals surface area contributed by atoms with E-state index in [0.29, 0.717) is 33.9 Å². The van der Waals surface area contributed by atoms with Crippen LogP contribution in [0.5, 0.6) is 5.75 Å². The third kappa shape index (κ3) is 3.80. The Morgan fingerprint density at radius 1 is 1.12 bits per heavy atom.